The van der Waals surface area contributed by atoms with E-state index in [2.05, 4.69) is 4.98 Å². The van der Waals surface area contributed by atoms with E-state index in [1.165, 1.54) is 0 Å². The minimum absolute atomic E-state index is 0.0162. The maximum Gasteiger partial charge on any atom is 0.254 e. The number of pyridine rings is 1. The number of sulfone groups is 1. The van der Waals surface area contributed by atoms with Crippen LogP contribution in [-0.2, 0) is 9.84 Å². The fourth-order valence-corrected chi connectivity index (χ4v) is 5.46. The molecular weight excluding hydrogens is 396 g/mol. The number of carbonyl (C=O) groups is 1. The van der Waals surface area contributed by atoms with Gasteiger partial charge in [-0.1, -0.05) is 41.9 Å². The van der Waals surface area contributed by atoms with Crippen LogP contribution < -0.4 is 0 Å². The van der Waals surface area contributed by atoms with Gasteiger partial charge < -0.3 is 4.90 Å². The quantitative estimate of drug-likeness (QED) is 0.653. The van der Waals surface area contributed by atoms with E-state index in [4.69, 9.17) is 11.6 Å². The predicted octanol–water partition coefficient (Wildman–Crippen LogP) is 3.81. The van der Waals surface area contributed by atoms with E-state index in [9.17, 15) is 13.2 Å². The molecule has 1 fully saturated rings. The number of fused-ring (bicyclic) bond motifs is 1. The first-order chi connectivity index (χ1) is 13.3. The van der Waals surface area contributed by atoms with E-state index in [1.54, 1.807) is 30.1 Å². The van der Waals surface area contributed by atoms with Crippen molar-refractivity contribution in [1.82, 2.24) is 9.88 Å². The summed E-state index contributed by atoms with van der Waals surface area (Å²) >= 11 is 5.98. The second kappa shape index (κ2) is 7.18. The molecule has 0 unspecified atom stereocenters. The van der Waals surface area contributed by atoms with Crippen LogP contribution in [0.1, 0.15) is 16.8 Å². The SMILES string of the molecule is CN(C(=O)c1cc(-c2ccc(Cl)cc2)nc2ccccc12)[C@H]1CCS(=O)(=O)C1. The zero-order valence-electron chi connectivity index (χ0n) is 15.3. The van der Waals surface area contributed by atoms with Gasteiger partial charge >= 0.3 is 0 Å². The number of rotatable bonds is 3. The highest BCUT2D eigenvalue weighted by Crippen LogP contribution is 2.28. The molecule has 0 spiro atoms. The van der Waals surface area contributed by atoms with E-state index in [-0.39, 0.29) is 23.5 Å². The molecule has 1 amide bonds. The molecule has 3 aromatic rings. The molecule has 2 aromatic carbocycles. The number of amides is 1. The molecule has 28 heavy (non-hydrogen) atoms. The standard InChI is InChI=1S/C21H19ClN2O3S/c1-24(16-10-11-28(26,27)13-16)21(25)18-12-20(14-6-8-15(22)9-7-14)23-19-5-3-2-4-17(18)19/h2-9,12,16H,10-11,13H2,1H3/t16-/m0/s1. The summed E-state index contributed by atoms with van der Waals surface area (Å²) in [4.78, 5) is 19.5. The highest BCUT2D eigenvalue weighted by Gasteiger charge is 2.33. The molecule has 0 bridgehead atoms. The molecule has 0 saturated carbocycles. The van der Waals surface area contributed by atoms with Gasteiger partial charge in [-0.2, -0.15) is 0 Å². The molecule has 0 N–H and O–H groups in total. The van der Waals surface area contributed by atoms with Gasteiger partial charge in [-0.3, -0.25) is 4.79 Å². The summed E-state index contributed by atoms with van der Waals surface area (Å²) in [6, 6.07) is 16.2. The number of benzene rings is 2. The van der Waals surface area contributed by atoms with Crippen molar-refractivity contribution in [2.45, 2.75) is 12.5 Å². The fraction of sp³-hybridized carbons (Fsp3) is 0.238. The predicted molar refractivity (Wildman–Crippen MR) is 111 cm³/mol. The first kappa shape index (κ1) is 18.9. The molecule has 1 aliphatic heterocycles. The molecule has 2 heterocycles. The summed E-state index contributed by atoms with van der Waals surface area (Å²) in [6.45, 7) is 0. The number of hydrogen-bond acceptors (Lipinski definition) is 4. The molecule has 4 rings (SSSR count). The Kier molecular flexibility index (Phi) is 4.85. The van der Waals surface area contributed by atoms with Crippen LogP contribution in [0.4, 0.5) is 0 Å². The van der Waals surface area contributed by atoms with Crippen LogP contribution in [0.15, 0.2) is 54.6 Å². The van der Waals surface area contributed by atoms with Gasteiger partial charge in [-0.15, -0.1) is 0 Å². The van der Waals surface area contributed by atoms with E-state index in [0.717, 1.165) is 10.9 Å². The fourth-order valence-electron chi connectivity index (χ4n) is 3.56. The average molecular weight is 415 g/mol. The van der Waals surface area contributed by atoms with Crippen molar-refractivity contribution >= 4 is 38.2 Å². The van der Waals surface area contributed by atoms with Gasteiger partial charge in [0.05, 0.1) is 28.3 Å². The number of hydrogen-bond donors (Lipinski definition) is 0. The third kappa shape index (κ3) is 3.62. The van der Waals surface area contributed by atoms with Gasteiger partial charge in [0, 0.05) is 29.1 Å². The molecule has 1 aromatic heterocycles. The Balaban J connectivity index is 1.79. The highest BCUT2D eigenvalue weighted by atomic mass is 35.5. The molecule has 144 valence electrons. The van der Waals surface area contributed by atoms with E-state index in [0.29, 0.717) is 28.2 Å². The molecule has 7 heteroatoms. The first-order valence-corrected chi connectivity index (χ1v) is 11.2. The molecule has 1 aliphatic rings. The molecule has 0 aliphatic carbocycles. The monoisotopic (exact) mass is 414 g/mol. The Bertz CT molecular complexity index is 1160. The van der Waals surface area contributed by atoms with Gasteiger partial charge in [-0.05, 0) is 30.7 Å². The van der Waals surface area contributed by atoms with Crippen molar-refractivity contribution in [2.75, 3.05) is 18.6 Å². The van der Waals surface area contributed by atoms with Gasteiger partial charge in [0.15, 0.2) is 9.84 Å². The Labute approximate surface area is 168 Å². The average Bonchev–Trinajstić information content (AvgIpc) is 3.06. The third-order valence-corrected chi connectivity index (χ3v) is 7.17. The van der Waals surface area contributed by atoms with Gasteiger partial charge in [-0.25, -0.2) is 13.4 Å². The Morgan fingerprint density at radius 3 is 2.54 bits per heavy atom. The normalized spacial score (nSPS) is 18.3. The number of nitrogens with zero attached hydrogens (tertiary/aromatic N) is 2. The molecule has 1 saturated heterocycles. The largest absolute Gasteiger partial charge is 0.338 e. The van der Waals surface area contributed by atoms with Crippen molar-refractivity contribution in [3.8, 4) is 11.3 Å². The maximum absolute atomic E-state index is 13.3. The summed E-state index contributed by atoms with van der Waals surface area (Å²) in [6.07, 6.45) is 0.470. The van der Waals surface area contributed by atoms with Crippen LogP contribution in [0.3, 0.4) is 0 Å². The van der Waals surface area contributed by atoms with Crippen LogP contribution >= 0.6 is 11.6 Å². The van der Waals surface area contributed by atoms with Crippen LogP contribution in [-0.4, -0.2) is 48.8 Å². The lowest BCUT2D eigenvalue weighted by Gasteiger charge is -2.24. The van der Waals surface area contributed by atoms with E-state index < -0.39 is 9.84 Å². The van der Waals surface area contributed by atoms with Crippen molar-refractivity contribution in [1.29, 1.82) is 0 Å². The van der Waals surface area contributed by atoms with Gasteiger partial charge in [0.25, 0.3) is 5.91 Å². The molecule has 5 nitrogen and oxygen atoms in total. The van der Waals surface area contributed by atoms with Crippen molar-refractivity contribution in [3.63, 3.8) is 0 Å². The topological polar surface area (TPSA) is 67.3 Å². The Hall–Kier alpha value is -2.44. The molecule has 0 radical (unpaired) electrons. The van der Waals surface area contributed by atoms with E-state index >= 15 is 0 Å². The lowest BCUT2D eigenvalue weighted by Crippen LogP contribution is -2.38. The summed E-state index contributed by atoms with van der Waals surface area (Å²) in [5, 5.41) is 1.38. The number of halogens is 1. The van der Waals surface area contributed by atoms with Gasteiger partial charge in [0.2, 0.25) is 0 Å². The molecule has 1 atom stereocenters. The van der Waals surface area contributed by atoms with Crippen LogP contribution in [0.5, 0.6) is 0 Å². The highest BCUT2D eigenvalue weighted by molar-refractivity contribution is 7.91. The summed E-state index contributed by atoms with van der Waals surface area (Å²) in [7, 11) is -1.40. The van der Waals surface area contributed by atoms with Crippen LogP contribution in [0.2, 0.25) is 5.02 Å². The molecular formula is C21H19ClN2O3S. The zero-order valence-corrected chi connectivity index (χ0v) is 16.9. The van der Waals surface area contributed by atoms with Crippen molar-refractivity contribution in [3.05, 3.63) is 65.2 Å². The second-order valence-electron chi connectivity index (χ2n) is 7.05. The second-order valence-corrected chi connectivity index (χ2v) is 9.72. The number of carbonyl (C=O) groups excluding carboxylic acids is 1. The van der Waals surface area contributed by atoms with Crippen molar-refractivity contribution in [2.24, 2.45) is 0 Å². The Morgan fingerprint density at radius 2 is 1.86 bits per heavy atom. The van der Waals surface area contributed by atoms with E-state index in [1.807, 2.05) is 36.4 Å². The first-order valence-electron chi connectivity index (χ1n) is 8.97. The summed E-state index contributed by atoms with van der Waals surface area (Å²) in [5.41, 5.74) is 2.76. The van der Waals surface area contributed by atoms with Crippen molar-refractivity contribution < 1.29 is 13.2 Å². The minimum atomic E-state index is -3.07. The van der Waals surface area contributed by atoms with Crippen LogP contribution in [0, 0.1) is 0 Å². The maximum atomic E-state index is 13.3. The third-order valence-electron chi connectivity index (χ3n) is 5.16. The number of para-hydroxylation sites is 1. The Morgan fingerprint density at radius 1 is 1.14 bits per heavy atom. The summed E-state index contributed by atoms with van der Waals surface area (Å²) in [5.74, 6) is -0.0547. The minimum Gasteiger partial charge on any atom is -0.338 e. The van der Waals surface area contributed by atoms with Gasteiger partial charge in [0.1, 0.15) is 0 Å². The number of aromatic nitrogens is 1. The lowest BCUT2D eigenvalue weighted by atomic mass is 10.0. The zero-order chi connectivity index (χ0) is 19.9. The van der Waals surface area contributed by atoms with Crippen LogP contribution in [0.25, 0.3) is 22.2 Å². The lowest BCUT2D eigenvalue weighted by molar-refractivity contribution is 0.0749. The smallest absolute Gasteiger partial charge is 0.254 e. The summed E-state index contributed by atoms with van der Waals surface area (Å²) < 4.78 is 23.6.